The molecule has 8 heteroatoms. The zero-order chi connectivity index (χ0) is 25.3. The van der Waals surface area contributed by atoms with Crippen LogP contribution in [0.15, 0.2) is 90.0 Å². The van der Waals surface area contributed by atoms with Crippen molar-refractivity contribution in [1.82, 2.24) is 5.43 Å². The van der Waals surface area contributed by atoms with E-state index in [4.69, 9.17) is 21.1 Å². The molecule has 0 fully saturated rings. The molecule has 2 amide bonds. The summed E-state index contributed by atoms with van der Waals surface area (Å²) in [4.78, 5) is 24.6. The molecule has 0 saturated heterocycles. The van der Waals surface area contributed by atoms with E-state index in [1.165, 1.54) is 6.21 Å². The van der Waals surface area contributed by atoms with Gasteiger partial charge < -0.3 is 14.8 Å². The zero-order valence-electron chi connectivity index (χ0n) is 19.5. The molecule has 4 aromatic carbocycles. The molecule has 0 aliphatic carbocycles. The second-order valence-electron chi connectivity index (χ2n) is 7.73. The van der Waals surface area contributed by atoms with Gasteiger partial charge in [0.05, 0.1) is 12.8 Å². The van der Waals surface area contributed by atoms with Crippen LogP contribution in [0.2, 0.25) is 5.02 Å². The zero-order valence-corrected chi connectivity index (χ0v) is 20.3. The summed E-state index contributed by atoms with van der Waals surface area (Å²) in [5.41, 5.74) is 4.43. The number of nitrogens with one attached hydrogen (secondary N) is 2. The molecule has 0 aromatic heterocycles. The van der Waals surface area contributed by atoms with Crippen molar-refractivity contribution in [2.45, 2.75) is 13.5 Å². The van der Waals surface area contributed by atoms with Crippen LogP contribution in [0.1, 0.15) is 18.1 Å². The maximum Gasteiger partial charge on any atom is 0.329 e. The number of fused-ring (bicyclic) bond motifs is 1. The summed E-state index contributed by atoms with van der Waals surface area (Å²) in [6.07, 6.45) is 1.43. The number of rotatable bonds is 8. The first-order valence-corrected chi connectivity index (χ1v) is 11.7. The minimum absolute atomic E-state index is 0.354. The van der Waals surface area contributed by atoms with Crippen molar-refractivity contribution >= 4 is 46.1 Å². The van der Waals surface area contributed by atoms with Crippen LogP contribution >= 0.6 is 11.6 Å². The molecule has 4 rings (SSSR count). The number of hydrazone groups is 1. The maximum absolute atomic E-state index is 12.3. The monoisotopic (exact) mass is 501 g/mol. The van der Waals surface area contributed by atoms with Gasteiger partial charge in [0.25, 0.3) is 0 Å². The normalized spacial score (nSPS) is 10.8. The lowest BCUT2D eigenvalue weighted by atomic mass is 10.1. The molecule has 0 aliphatic heterocycles. The van der Waals surface area contributed by atoms with Crippen molar-refractivity contribution in [3.8, 4) is 11.5 Å². The third-order valence-corrected chi connectivity index (χ3v) is 5.45. The van der Waals surface area contributed by atoms with Crippen LogP contribution in [0.25, 0.3) is 10.8 Å². The van der Waals surface area contributed by atoms with E-state index < -0.39 is 11.8 Å². The Hall–Kier alpha value is -4.36. The molecule has 0 atom stereocenters. The SMILES string of the molecule is CCOc1cc(C=NNC(=O)C(=O)Nc2cccc3ccccc23)ccc1OCc1ccc(Cl)cc1. The number of hydrogen-bond donors (Lipinski definition) is 2. The molecule has 0 aliphatic rings. The van der Waals surface area contributed by atoms with Crippen molar-refractivity contribution in [2.24, 2.45) is 5.10 Å². The summed E-state index contributed by atoms with van der Waals surface area (Å²) in [5, 5.41) is 8.99. The van der Waals surface area contributed by atoms with Gasteiger partial charge >= 0.3 is 11.8 Å². The minimum Gasteiger partial charge on any atom is -0.490 e. The molecule has 0 spiro atoms. The van der Waals surface area contributed by atoms with Gasteiger partial charge in [-0.05, 0) is 59.8 Å². The van der Waals surface area contributed by atoms with Gasteiger partial charge in [-0.3, -0.25) is 9.59 Å². The number of halogens is 1. The third-order valence-electron chi connectivity index (χ3n) is 5.20. The lowest BCUT2D eigenvalue weighted by molar-refractivity contribution is -0.136. The molecule has 0 saturated carbocycles. The van der Waals surface area contributed by atoms with Gasteiger partial charge in [0.15, 0.2) is 11.5 Å². The highest BCUT2D eigenvalue weighted by Crippen LogP contribution is 2.29. The van der Waals surface area contributed by atoms with Crippen LogP contribution in [0, 0.1) is 0 Å². The number of anilines is 1. The predicted molar refractivity (Wildman–Crippen MR) is 142 cm³/mol. The van der Waals surface area contributed by atoms with Crippen molar-refractivity contribution in [3.63, 3.8) is 0 Å². The Bertz CT molecular complexity index is 1400. The van der Waals surface area contributed by atoms with E-state index in [0.29, 0.717) is 41.0 Å². The fraction of sp³-hybridized carbons (Fsp3) is 0.107. The fourth-order valence-electron chi connectivity index (χ4n) is 3.46. The Kier molecular flexibility index (Phi) is 8.16. The van der Waals surface area contributed by atoms with Gasteiger partial charge in [0.1, 0.15) is 6.61 Å². The quantitative estimate of drug-likeness (QED) is 0.188. The Morgan fingerprint density at radius 3 is 2.47 bits per heavy atom. The van der Waals surface area contributed by atoms with E-state index in [-0.39, 0.29) is 0 Å². The molecule has 36 heavy (non-hydrogen) atoms. The number of carbonyl (C=O) groups excluding carboxylic acids is 2. The van der Waals surface area contributed by atoms with Crippen molar-refractivity contribution in [3.05, 3.63) is 101 Å². The second-order valence-corrected chi connectivity index (χ2v) is 8.17. The van der Waals surface area contributed by atoms with Crippen molar-refractivity contribution in [2.75, 3.05) is 11.9 Å². The first-order chi connectivity index (χ1) is 17.5. The third kappa shape index (κ3) is 6.40. The van der Waals surface area contributed by atoms with Crippen LogP contribution in [-0.2, 0) is 16.2 Å². The van der Waals surface area contributed by atoms with Crippen LogP contribution in [0.4, 0.5) is 5.69 Å². The highest BCUT2D eigenvalue weighted by molar-refractivity contribution is 6.40. The van der Waals surface area contributed by atoms with E-state index in [1.54, 1.807) is 36.4 Å². The summed E-state index contributed by atoms with van der Waals surface area (Å²) in [5.74, 6) is -0.588. The Morgan fingerprint density at radius 2 is 1.67 bits per heavy atom. The summed E-state index contributed by atoms with van der Waals surface area (Å²) >= 11 is 5.93. The standard InChI is InChI=1S/C28H24ClN3O4/c1-2-35-26-16-20(12-15-25(26)36-18-19-10-13-22(29)14-11-19)17-30-32-28(34)27(33)31-24-9-5-7-21-6-3-4-8-23(21)24/h3-17H,2,18H2,1H3,(H,31,33)(H,32,34). The largest absolute Gasteiger partial charge is 0.490 e. The molecular formula is C28H24ClN3O4. The van der Waals surface area contributed by atoms with Crippen LogP contribution in [-0.4, -0.2) is 24.6 Å². The molecule has 0 radical (unpaired) electrons. The molecule has 182 valence electrons. The second kappa shape index (κ2) is 11.9. The average molecular weight is 502 g/mol. The lowest BCUT2D eigenvalue weighted by Crippen LogP contribution is -2.32. The number of ether oxygens (including phenoxy) is 2. The average Bonchev–Trinajstić information content (AvgIpc) is 2.89. The van der Waals surface area contributed by atoms with E-state index in [9.17, 15) is 9.59 Å². The van der Waals surface area contributed by atoms with Crippen LogP contribution < -0.4 is 20.2 Å². The number of benzene rings is 4. The van der Waals surface area contributed by atoms with E-state index >= 15 is 0 Å². The Labute approximate surface area is 213 Å². The van der Waals surface area contributed by atoms with Gasteiger partial charge in [0.2, 0.25) is 0 Å². The summed E-state index contributed by atoms with van der Waals surface area (Å²) in [6.45, 7) is 2.67. The molecule has 4 aromatic rings. The Morgan fingerprint density at radius 1 is 0.889 bits per heavy atom. The highest BCUT2D eigenvalue weighted by Gasteiger charge is 2.14. The molecule has 0 unspecified atom stereocenters. The highest BCUT2D eigenvalue weighted by atomic mass is 35.5. The summed E-state index contributed by atoms with van der Waals surface area (Å²) < 4.78 is 11.6. The van der Waals surface area contributed by atoms with E-state index in [2.05, 4.69) is 15.8 Å². The predicted octanol–water partition coefficient (Wildman–Crippen LogP) is 5.56. The molecule has 7 nitrogen and oxygen atoms in total. The van der Waals surface area contributed by atoms with Crippen molar-refractivity contribution in [1.29, 1.82) is 0 Å². The number of hydrogen-bond acceptors (Lipinski definition) is 5. The van der Waals surface area contributed by atoms with Gasteiger partial charge in [-0.15, -0.1) is 0 Å². The fourth-order valence-corrected chi connectivity index (χ4v) is 3.59. The number of nitrogens with zero attached hydrogens (tertiary/aromatic N) is 1. The lowest BCUT2D eigenvalue weighted by Gasteiger charge is -2.12. The smallest absolute Gasteiger partial charge is 0.329 e. The van der Waals surface area contributed by atoms with Crippen LogP contribution in [0.3, 0.4) is 0 Å². The van der Waals surface area contributed by atoms with Crippen molar-refractivity contribution < 1.29 is 19.1 Å². The van der Waals surface area contributed by atoms with Crippen LogP contribution in [0.5, 0.6) is 11.5 Å². The number of amides is 2. The summed E-state index contributed by atoms with van der Waals surface area (Å²) in [7, 11) is 0. The molecule has 0 bridgehead atoms. The summed E-state index contributed by atoms with van der Waals surface area (Å²) in [6, 6.07) is 25.7. The first-order valence-electron chi connectivity index (χ1n) is 11.3. The molecule has 2 N–H and O–H groups in total. The molecular weight excluding hydrogens is 478 g/mol. The van der Waals surface area contributed by atoms with Gasteiger partial charge in [0, 0.05) is 16.1 Å². The topological polar surface area (TPSA) is 89.0 Å². The molecule has 0 heterocycles. The van der Waals surface area contributed by atoms with E-state index in [0.717, 1.165) is 16.3 Å². The van der Waals surface area contributed by atoms with Gasteiger partial charge in [-0.1, -0.05) is 60.1 Å². The number of carbonyl (C=O) groups is 2. The van der Waals surface area contributed by atoms with Gasteiger partial charge in [-0.25, -0.2) is 5.43 Å². The maximum atomic E-state index is 12.3. The van der Waals surface area contributed by atoms with Gasteiger partial charge in [-0.2, -0.15) is 5.10 Å². The van der Waals surface area contributed by atoms with E-state index in [1.807, 2.05) is 55.5 Å². The minimum atomic E-state index is -0.882. The Balaban J connectivity index is 1.37. The first kappa shape index (κ1) is 24.8.